The summed E-state index contributed by atoms with van der Waals surface area (Å²) in [6.07, 6.45) is 0.440. The van der Waals surface area contributed by atoms with Crippen molar-refractivity contribution in [2.24, 2.45) is 11.8 Å². The Bertz CT molecular complexity index is 754. The number of nitrogens with one attached hydrogen (secondary N) is 1. The number of methoxy groups -OCH3 is 1. The number of hydrogen-bond donors (Lipinski definition) is 2. The normalized spacial score (nSPS) is 18.7. The van der Waals surface area contributed by atoms with E-state index in [0.29, 0.717) is 13.0 Å². The number of rotatable bonds is 6. The molecule has 0 heterocycles. The number of carbonyl (C=O) groups excluding carboxylic acids is 1. The highest BCUT2D eigenvalue weighted by molar-refractivity contribution is 5.89. The fourth-order valence-electron chi connectivity index (χ4n) is 2.70. The molecule has 124 valence electrons. The second kappa shape index (κ2) is 6.74. The molecule has 24 heavy (non-hydrogen) atoms. The monoisotopic (exact) mass is 325 g/mol. The van der Waals surface area contributed by atoms with Gasteiger partial charge in [-0.3, -0.25) is 9.59 Å². The summed E-state index contributed by atoms with van der Waals surface area (Å²) in [4.78, 5) is 22.6. The number of carbonyl (C=O) groups is 2. The Kier molecular flexibility index (Phi) is 4.51. The molecular weight excluding hydrogens is 306 g/mol. The van der Waals surface area contributed by atoms with Gasteiger partial charge in [-0.25, -0.2) is 0 Å². The molecule has 0 spiro atoms. The van der Waals surface area contributed by atoms with Crippen LogP contribution < -0.4 is 10.1 Å². The molecule has 0 bridgehead atoms. The molecule has 2 unspecified atom stereocenters. The van der Waals surface area contributed by atoms with E-state index in [1.54, 1.807) is 7.11 Å². The van der Waals surface area contributed by atoms with E-state index in [4.69, 9.17) is 9.84 Å². The van der Waals surface area contributed by atoms with Crippen LogP contribution in [0.15, 0.2) is 48.5 Å². The average molecular weight is 325 g/mol. The van der Waals surface area contributed by atoms with Gasteiger partial charge >= 0.3 is 5.97 Å². The van der Waals surface area contributed by atoms with Gasteiger partial charge in [0.25, 0.3) is 0 Å². The third-order valence-electron chi connectivity index (χ3n) is 4.27. The molecule has 1 aliphatic rings. The second-order valence-corrected chi connectivity index (χ2v) is 5.93. The van der Waals surface area contributed by atoms with Gasteiger partial charge in [0.15, 0.2) is 0 Å². The Labute approximate surface area is 140 Å². The highest BCUT2D eigenvalue weighted by Crippen LogP contribution is 2.38. The Hall–Kier alpha value is -2.82. The summed E-state index contributed by atoms with van der Waals surface area (Å²) in [6.45, 7) is 0.403. The third kappa shape index (κ3) is 3.56. The molecule has 1 aliphatic carbocycles. The summed E-state index contributed by atoms with van der Waals surface area (Å²) in [5, 5.41) is 11.6. The van der Waals surface area contributed by atoms with E-state index in [0.717, 1.165) is 22.4 Å². The van der Waals surface area contributed by atoms with Crippen LogP contribution in [0.1, 0.15) is 12.0 Å². The maximum absolute atomic E-state index is 11.9. The average Bonchev–Trinajstić information content (AvgIpc) is 3.41. The molecule has 0 aromatic heterocycles. The minimum atomic E-state index is -0.891. The Morgan fingerprint density at radius 2 is 1.88 bits per heavy atom. The SMILES string of the molecule is COc1cccc(-c2ccc(CNC(=O)C3CC3C(=O)O)cc2)c1. The Morgan fingerprint density at radius 1 is 1.12 bits per heavy atom. The van der Waals surface area contributed by atoms with Crippen LogP contribution in [0.25, 0.3) is 11.1 Å². The Morgan fingerprint density at radius 3 is 2.50 bits per heavy atom. The number of aliphatic carboxylic acids is 1. The minimum Gasteiger partial charge on any atom is -0.497 e. The Balaban J connectivity index is 1.59. The first kappa shape index (κ1) is 16.1. The molecule has 5 heteroatoms. The van der Waals surface area contributed by atoms with Crippen molar-refractivity contribution >= 4 is 11.9 Å². The molecule has 3 rings (SSSR count). The molecule has 0 radical (unpaired) electrons. The van der Waals surface area contributed by atoms with Gasteiger partial charge in [-0.1, -0.05) is 36.4 Å². The topological polar surface area (TPSA) is 75.6 Å². The summed E-state index contributed by atoms with van der Waals surface area (Å²) in [6, 6.07) is 15.7. The van der Waals surface area contributed by atoms with Crippen LogP contribution in [0.3, 0.4) is 0 Å². The smallest absolute Gasteiger partial charge is 0.307 e. The molecule has 1 saturated carbocycles. The highest BCUT2D eigenvalue weighted by Gasteiger charge is 2.48. The number of amides is 1. The van der Waals surface area contributed by atoms with Crippen molar-refractivity contribution in [2.45, 2.75) is 13.0 Å². The summed E-state index contributed by atoms with van der Waals surface area (Å²) in [5.74, 6) is -1.16. The molecule has 1 fully saturated rings. The lowest BCUT2D eigenvalue weighted by molar-refractivity contribution is -0.140. The number of carboxylic acid groups (broad SMARTS) is 1. The molecule has 0 saturated heterocycles. The van der Waals surface area contributed by atoms with Gasteiger partial charge in [-0.2, -0.15) is 0 Å². The van der Waals surface area contributed by atoms with Gasteiger partial charge in [0, 0.05) is 6.54 Å². The lowest BCUT2D eigenvalue weighted by atomic mass is 10.0. The number of hydrogen-bond acceptors (Lipinski definition) is 3. The summed E-state index contributed by atoms with van der Waals surface area (Å²) >= 11 is 0. The molecule has 2 aromatic carbocycles. The number of benzene rings is 2. The van der Waals surface area contributed by atoms with Crippen LogP contribution in [0, 0.1) is 11.8 Å². The highest BCUT2D eigenvalue weighted by atomic mass is 16.5. The number of carboxylic acids is 1. The summed E-state index contributed by atoms with van der Waals surface area (Å²) < 4.78 is 5.23. The molecule has 2 atom stereocenters. The predicted molar refractivity (Wildman–Crippen MR) is 89.5 cm³/mol. The van der Waals surface area contributed by atoms with Crippen LogP contribution in [-0.4, -0.2) is 24.1 Å². The van der Waals surface area contributed by atoms with Gasteiger partial charge < -0.3 is 15.2 Å². The molecule has 5 nitrogen and oxygen atoms in total. The lowest BCUT2D eigenvalue weighted by Gasteiger charge is -2.07. The molecule has 0 aliphatic heterocycles. The van der Waals surface area contributed by atoms with E-state index < -0.39 is 11.9 Å². The lowest BCUT2D eigenvalue weighted by Crippen LogP contribution is -2.25. The quantitative estimate of drug-likeness (QED) is 0.856. The first-order valence-electron chi connectivity index (χ1n) is 7.82. The summed E-state index contributed by atoms with van der Waals surface area (Å²) in [5.41, 5.74) is 3.10. The largest absolute Gasteiger partial charge is 0.497 e. The van der Waals surface area contributed by atoms with Crippen molar-refractivity contribution in [3.8, 4) is 16.9 Å². The molecule has 2 aromatic rings. The van der Waals surface area contributed by atoms with Crippen molar-refractivity contribution in [2.75, 3.05) is 7.11 Å². The predicted octanol–water partition coefficient (Wildman–Crippen LogP) is 2.70. The van der Waals surface area contributed by atoms with E-state index in [-0.39, 0.29) is 11.8 Å². The maximum Gasteiger partial charge on any atom is 0.307 e. The zero-order chi connectivity index (χ0) is 17.1. The van der Waals surface area contributed by atoms with Crippen LogP contribution >= 0.6 is 0 Å². The van der Waals surface area contributed by atoms with Crippen LogP contribution in [0.5, 0.6) is 5.75 Å². The van der Waals surface area contributed by atoms with E-state index in [9.17, 15) is 9.59 Å². The van der Waals surface area contributed by atoms with Gasteiger partial charge in [-0.05, 0) is 35.2 Å². The van der Waals surface area contributed by atoms with Crippen molar-refractivity contribution < 1.29 is 19.4 Å². The first-order chi connectivity index (χ1) is 11.6. The van der Waals surface area contributed by atoms with Crippen LogP contribution in [0.2, 0.25) is 0 Å². The summed E-state index contributed by atoms with van der Waals surface area (Å²) in [7, 11) is 1.64. The van der Waals surface area contributed by atoms with Gasteiger partial charge in [0.2, 0.25) is 5.91 Å². The van der Waals surface area contributed by atoms with Crippen molar-refractivity contribution in [1.29, 1.82) is 0 Å². The van der Waals surface area contributed by atoms with E-state index in [1.165, 1.54) is 0 Å². The zero-order valence-corrected chi connectivity index (χ0v) is 13.4. The fourth-order valence-corrected chi connectivity index (χ4v) is 2.70. The van der Waals surface area contributed by atoms with Crippen molar-refractivity contribution in [3.05, 3.63) is 54.1 Å². The van der Waals surface area contributed by atoms with Gasteiger partial charge in [0.1, 0.15) is 5.75 Å². The second-order valence-electron chi connectivity index (χ2n) is 5.93. The zero-order valence-electron chi connectivity index (χ0n) is 13.4. The van der Waals surface area contributed by atoms with E-state index >= 15 is 0 Å². The fraction of sp³-hybridized carbons (Fsp3) is 0.263. The molecule has 1 amide bonds. The van der Waals surface area contributed by atoms with E-state index in [1.807, 2.05) is 48.5 Å². The van der Waals surface area contributed by atoms with Gasteiger partial charge in [0.05, 0.1) is 18.9 Å². The molecule has 2 N–H and O–H groups in total. The van der Waals surface area contributed by atoms with E-state index in [2.05, 4.69) is 5.32 Å². The van der Waals surface area contributed by atoms with Gasteiger partial charge in [-0.15, -0.1) is 0 Å². The van der Waals surface area contributed by atoms with Crippen molar-refractivity contribution in [1.82, 2.24) is 5.32 Å². The third-order valence-corrected chi connectivity index (χ3v) is 4.27. The molecular formula is C19H19NO4. The van der Waals surface area contributed by atoms with Crippen LogP contribution in [0.4, 0.5) is 0 Å². The minimum absolute atomic E-state index is 0.181. The maximum atomic E-state index is 11.9. The standard InChI is InChI=1S/C19H19NO4/c1-24-15-4-2-3-14(9-15)13-7-5-12(6-8-13)11-20-18(21)16-10-17(16)19(22)23/h2-9,16-17H,10-11H2,1H3,(H,20,21)(H,22,23). The number of ether oxygens (including phenoxy) is 1. The van der Waals surface area contributed by atoms with Crippen LogP contribution in [-0.2, 0) is 16.1 Å². The first-order valence-corrected chi connectivity index (χ1v) is 7.82. The van der Waals surface area contributed by atoms with Crippen molar-refractivity contribution in [3.63, 3.8) is 0 Å².